The number of halogens is 1. The third-order valence-electron chi connectivity index (χ3n) is 4.57. The van der Waals surface area contributed by atoms with Crippen LogP contribution in [0, 0.1) is 14.9 Å². The fourth-order valence-electron chi connectivity index (χ4n) is 3.18. The van der Waals surface area contributed by atoms with Gasteiger partial charge in [-0.1, -0.05) is 20.8 Å². The molecule has 1 aromatic heterocycles. The first-order valence-electron chi connectivity index (χ1n) is 7.60. The zero-order chi connectivity index (χ0) is 15.6. The molecule has 0 radical (unpaired) electrons. The highest BCUT2D eigenvalue weighted by molar-refractivity contribution is 14.1. The van der Waals surface area contributed by atoms with Gasteiger partial charge in [-0.2, -0.15) is 0 Å². The summed E-state index contributed by atoms with van der Waals surface area (Å²) in [5.41, 5.74) is 1.10. The quantitative estimate of drug-likeness (QED) is 0.779. The lowest BCUT2D eigenvalue weighted by atomic mass is 9.69. The highest BCUT2D eigenvalue weighted by Crippen LogP contribution is 2.42. The van der Waals surface area contributed by atoms with E-state index in [1.807, 2.05) is 22.6 Å². The number of rotatable bonds is 3. The largest absolute Gasteiger partial charge is 0.378 e. The van der Waals surface area contributed by atoms with Crippen LogP contribution in [-0.4, -0.2) is 17.1 Å². The van der Waals surface area contributed by atoms with E-state index in [0.717, 1.165) is 30.3 Å². The van der Waals surface area contributed by atoms with Crippen LogP contribution in [0.5, 0.6) is 0 Å². The molecule has 0 unspecified atom stereocenters. The van der Waals surface area contributed by atoms with Crippen molar-refractivity contribution in [1.29, 1.82) is 0 Å². The van der Waals surface area contributed by atoms with E-state index in [1.54, 1.807) is 7.11 Å². The van der Waals surface area contributed by atoms with Crippen molar-refractivity contribution in [2.45, 2.75) is 59.0 Å². The fourth-order valence-corrected chi connectivity index (χ4v) is 3.59. The maximum absolute atomic E-state index is 12.0. The Balaban J connectivity index is 2.15. The van der Waals surface area contributed by atoms with E-state index in [0.29, 0.717) is 21.5 Å². The van der Waals surface area contributed by atoms with Gasteiger partial charge in [0.05, 0.1) is 12.3 Å². The first kappa shape index (κ1) is 16.9. The number of nitrogens with zero attached hydrogens (tertiary/aromatic N) is 1. The van der Waals surface area contributed by atoms with E-state index in [4.69, 9.17) is 4.74 Å². The van der Waals surface area contributed by atoms with Crippen LogP contribution in [-0.2, 0) is 11.3 Å². The lowest BCUT2D eigenvalue weighted by Gasteiger charge is -2.36. The molecule has 0 saturated heterocycles. The Morgan fingerprint density at radius 3 is 2.43 bits per heavy atom. The number of methoxy groups -OCH3 is 1. The molecule has 1 aromatic rings. The molecule has 0 aliphatic heterocycles. The van der Waals surface area contributed by atoms with Crippen molar-refractivity contribution < 1.29 is 4.74 Å². The molecule has 1 saturated carbocycles. The van der Waals surface area contributed by atoms with Gasteiger partial charge in [-0.3, -0.25) is 4.79 Å². The van der Waals surface area contributed by atoms with Gasteiger partial charge in [0.25, 0.3) is 5.56 Å². The predicted molar refractivity (Wildman–Crippen MR) is 92.4 cm³/mol. The first-order valence-corrected chi connectivity index (χ1v) is 8.68. The minimum Gasteiger partial charge on any atom is -0.378 e. The number of hydrogen-bond donors (Lipinski definition) is 1. The maximum atomic E-state index is 12.0. The molecule has 1 aliphatic carbocycles. The summed E-state index contributed by atoms with van der Waals surface area (Å²) in [5, 5.41) is 0. The number of aromatic amines is 1. The number of nitrogens with one attached hydrogen (secondary N) is 1. The Bertz CT molecular complexity index is 540. The van der Waals surface area contributed by atoms with Gasteiger partial charge in [-0.05, 0) is 59.6 Å². The van der Waals surface area contributed by atoms with Gasteiger partial charge >= 0.3 is 0 Å². The van der Waals surface area contributed by atoms with E-state index < -0.39 is 0 Å². The predicted octanol–water partition coefficient (Wildman–Crippen LogP) is 3.84. The lowest BCUT2D eigenvalue weighted by Crippen LogP contribution is -2.27. The Kier molecular flexibility index (Phi) is 5.46. The van der Waals surface area contributed by atoms with Crippen LogP contribution in [0.15, 0.2) is 4.79 Å². The number of ether oxygens (including phenoxy) is 1. The fraction of sp³-hybridized carbons (Fsp3) is 0.750. The number of hydrogen-bond acceptors (Lipinski definition) is 3. The van der Waals surface area contributed by atoms with Crippen molar-refractivity contribution in [1.82, 2.24) is 9.97 Å². The molecule has 2 rings (SSSR count). The molecule has 0 amide bonds. The summed E-state index contributed by atoms with van der Waals surface area (Å²) in [4.78, 5) is 19.7. The van der Waals surface area contributed by atoms with Crippen molar-refractivity contribution >= 4 is 22.6 Å². The standard InChI is InChI=1S/C16H25IN2O2/c1-16(2,3)11-7-5-10(6-8-11)14-18-12(9-21-4)13(17)15(20)19-14/h10-11H,5-9H2,1-4H3,(H,18,19,20). The van der Waals surface area contributed by atoms with E-state index in [-0.39, 0.29) is 5.56 Å². The zero-order valence-electron chi connectivity index (χ0n) is 13.3. The highest BCUT2D eigenvalue weighted by atomic mass is 127. The minimum atomic E-state index is -0.0365. The summed E-state index contributed by atoms with van der Waals surface area (Å²) in [6.07, 6.45) is 4.64. The molecule has 21 heavy (non-hydrogen) atoms. The second kappa shape index (κ2) is 6.77. The van der Waals surface area contributed by atoms with Crippen LogP contribution in [0.3, 0.4) is 0 Å². The van der Waals surface area contributed by atoms with Gasteiger partial charge in [-0.25, -0.2) is 4.98 Å². The Labute approximate surface area is 140 Å². The molecule has 1 aliphatic rings. The van der Waals surface area contributed by atoms with Crippen LogP contribution in [0.2, 0.25) is 0 Å². The number of aromatic nitrogens is 2. The minimum absolute atomic E-state index is 0.0365. The normalized spacial score (nSPS) is 23.3. The zero-order valence-corrected chi connectivity index (χ0v) is 15.5. The molecule has 1 N–H and O–H groups in total. The molecule has 0 bridgehead atoms. The first-order chi connectivity index (χ1) is 9.82. The lowest BCUT2D eigenvalue weighted by molar-refractivity contribution is 0.165. The molecule has 5 heteroatoms. The average molecular weight is 404 g/mol. The highest BCUT2D eigenvalue weighted by Gasteiger charge is 2.31. The molecule has 0 aromatic carbocycles. The second-order valence-corrected chi connectivity index (χ2v) is 8.14. The van der Waals surface area contributed by atoms with Gasteiger partial charge in [0.15, 0.2) is 0 Å². The number of H-pyrrole nitrogens is 1. The molecule has 118 valence electrons. The van der Waals surface area contributed by atoms with E-state index in [1.165, 1.54) is 12.8 Å². The van der Waals surface area contributed by atoms with Crippen LogP contribution in [0.1, 0.15) is 63.9 Å². The molecule has 1 heterocycles. The topological polar surface area (TPSA) is 55.0 Å². The molecule has 1 fully saturated rings. The molecular formula is C16H25IN2O2. The maximum Gasteiger partial charge on any atom is 0.264 e. The van der Waals surface area contributed by atoms with Gasteiger partial charge in [-0.15, -0.1) is 0 Å². The van der Waals surface area contributed by atoms with E-state index >= 15 is 0 Å². The average Bonchev–Trinajstić information content (AvgIpc) is 2.43. The summed E-state index contributed by atoms with van der Waals surface area (Å²) >= 11 is 2.04. The molecular weight excluding hydrogens is 379 g/mol. The summed E-state index contributed by atoms with van der Waals surface area (Å²) in [6.45, 7) is 7.35. The summed E-state index contributed by atoms with van der Waals surface area (Å²) in [6, 6.07) is 0. The Morgan fingerprint density at radius 1 is 1.29 bits per heavy atom. The summed E-state index contributed by atoms with van der Waals surface area (Å²) in [5.74, 6) is 1.99. The van der Waals surface area contributed by atoms with Gasteiger partial charge in [0.2, 0.25) is 0 Å². The van der Waals surface area contributed by atoms with Gasteiger partial charge < -0.3 is 9.72 Å². The monoisotopic (exact) mass is 404 g/mol. The molecule has 0 atom stereocenters. The van der Waals surface area contributed by atoms with Gasteiger partial charge in [0, 0.05) is 13.0 Å². The third-order valence-corrected chi connectivity index (χ3v) is 5.68. The van der Waals surface area contributed by atoms with Crippen LogP contribution in [0.25, 0.3) is 0 Å². The van der Waals surface area contributed by atoms with Crippen molar-refractivity contribution in [3.63, 3.8) is 0 Å². The van der Waals surface area contributed by atoms with Crippen LogP contribution < -0.4 is 5.56 Å². The third kappa shape index (κ3) is 4.06. The molecule has 0 spiro atoms. The Hall–Kier alpha value is -0.430. The van der Waals surface area contributed by atoms with E-state index in [2.05, 4.69) is 30.7 Å². The second-order valence-electron chi connectivity index (χ2n) is 7.06. The summed E-state index contributed by atoms with van der Waals surface area (Å²) < 4.78 is 5.79. The Morgan fingerprint density at radius 2 is 1.90 bits per heavy atom. The van der Waals surface area contributed by atoms with Crippen molar-refractivity contribution in [2.75, 3.05) is 7.11 Å². The van der Waals surface area contributed by atoms with Crippen LogP contribution >= 0.6 is 22.6 Å². The smallest absolute Gasteiger partial charge is 0.264 e. The van der Waals surface area contributed by atoms with E-state index in [9.17, 15) is 4.79 Å². The van der Waals surface area contributed by atoms with Crippen molar-refractivity contribution in [3.05, 3.63) is 25.4 Å². The van der Waals surface area contributed by atoms with Gasteiger partial charge in [0.1, 0.15) is 9.39 Å². The van der Waals surface area contributed by atoms with Crippen molar-refractivity contribution in [2.24, 2.45) is 11.3 Å². The SMILES string of the molecule is COCc1nc(C2CCC(C(C)(C)C)CC2)[nH]c(=O)c1I. The summed E-state index contributed by atoms with van der Waals surface area (Å²) in [7, 11) is 1.63. The molecule has 4 nitrogen and oxygen atoms in total. The van der Waals surface area contributed by atoms with Crippen LogP contribution in [0.4, 0.5) is 0 Å². The van der Waals surface area contributed by atoms with Crippen molar-refractivity contribution in [3.8, 4) is 0 Å².